The highest BCUT2D eigenvalue weighted by Gasteiger charge is 1.91. The van der Waals surface area contributed by atoms with Crippen LogP contribution in [0.5, 0.6) is 0 Å². The third-order valence-corrected chi connectivity index (χ3v) is 2.29. The van der Waals surface area contributed by atoms with Crippen molar-refractivity contribution in [2.75, 3.05) is 13.6 Å². The Kier molecular flexibility index (Phi) is 4.59. The Morgan fingerprint density at radius 2 is 2.15 bits per heavy atom. The lowest BCUT2D eigenvalue weighted by molar-refractivity contribution is 0.818. The Labute approximate surface area is 87.7 Å². The highest BCUT2D eigenvalue weighted by atomic mass is 79.9. The average Bonchev–Trinajstić information content (AvgIpc) is 2.15. The second-order valence-corrected chi connectivity index (χ2v) is 3.49. The van der Waals surface area contributed by atoms with E-state index in [0.29, 0.717) is 0 Å². The summed E-state index contributed by atoms with van der Waals surface area (Å²) in [6, 6.07) is 7.99. The summed E-state index contributed by atoms with van der Waals surface area (Å²) < 4.78 is 1.06. The Morgan fingerprint density at radius 3 is 2.85 bits per heavy atom. The number of hydrogen-bond donors (Lipinski definition) is 1. The van der Waals surface area contributed by atoms with Gasteiger partial charge in [-0.1, -0.05) is 24.0 Å². The zero-order valence-electron chi connectivity index (χ0n) is 7.60. The molecule has 0 fully saturated rings. The van der Waals surface area contributed by atoms with Gasteiger partial charge in [-0.15, -0.1) is 0 Å². The molecule has 0 aliphatic heterocycles. The summed E-state index contributed by atoms with van der Waals surface area (Å²) in [5.74, 6) is 6.21. The molecule has 1 aromatic rings. The number of halogens is 1. The lowest BCUT2D eigenvalue weighted by atomic mass is 10.2. The molecule has 68 valence electrons. The largest absolute Gasteiger partial charge is 0.319 e. The lowest BCUT2D eigenvalue weighted by Gasteiger charge is -1.93. The first kappa shape index (κ1) is 10.3. The van der Waals surface area contributed by atoms with Crippen LogP contribution in [0.4, 0.5) is 0 Å². The summed E-state index contributed by atoms with van der Waals surface area (Å²) >= 11 is 3.45. The fourth-order valence-electron chi connectivity index (χ4n) is 0.908. The fraction of sp³-hybridized carbons (Fsp3) is 0.273. The molecule has 0 unspecified atom stereocenters. The Hall–Kier alpha value is -0.780. The van der Waals surface area contributed by atoms with Crippen molar-refractivity contribution in [1.29, 1.82) is 0 Å². The van der Waals surface area contributed by atoms with Gasteiger partial charge in [0, 0.05) is 23.0 Å². The Morgan fingerprint density at radius 1 is 1.38 bits per heavy atom. The van der Waals surface area contributed by atoms with E-state index in [1.165, 1.54) is 0 Å². The minimum absolute atomic E-state index is 0.887. The predicted molar refractivity (Wildman–Crippen MR) is 59.6 cm³/mol. The van der Waals surface area contributed by atoms with Gasteiger partial charge in [0.15, 0.2) is 0 Å². The highest BCUT2D eigenvalue weighted by molar-refractivity contribution is 9.10. The van der Waals surface area contributed by atoms with Crippen molar-refractivity contribution in [1.82, 2.24) is 5.32 Å². The first-order valence-corrected chi connectivity index (χ1v) is 5.02. The van der Waals surface area contributed by atoms with Crippen LogP contribution in [0.2, 0.25) is 0 Å². The molecule has 0 amide bonds. The molecule has 1 nitrogen and oxygen atoms in total. The topological polar surface area (TPSA) is 12.0 Å². The van der Waals surface area contributed by atoms with E-state index < -0.39 is 0 Å². The zero-order valence-corrected chi connectivity index (χ0v) is 9.19. The summed E-state index contributed by atoms with van der Waals surface area (Å²) in [5, 5.41) is 3.05. The van der Waals surface area contributed by atoms with E-state index >= 15 is 0 Å². The summed E-state index contributed by atoms with van der Waals surface area (Å²) in [7, 11) is 1.93. The maximum atomic E-state index is 3.45. The SMILES string of the molecule is CNCCC#Cc1ccccc1Br. The molecule has 13 heavy (non-hydrogen) atoms. The van der Waals surface area contributed by atoms with Crippen molar-refractivity contribution in [3.05, 3.63) is 34.3 Å². The number of hydrogen-bond acceptors (Lipinski definition) is 1. The van der Waals surface area contributed by atoms with Gasteiger partial charge in [-0.25, -0.2) is 0 Å². The predicted octanol–water partition coefficient (Wildman–Crippen LogP) is 2.41. The Balaban J connectivity index is 2.61. The average molecular weight is 238 g/mol. The molecular weight excluding hydrogens is 226 g/mol. The van der Waals surface area contributed by atoms with Crippen molar-refractivity contribution in [3.63, 3.8) is 0 Å². The first-order valence-electron chi connectivity index (χ1n) is 4.22. The first-order chi connectivity index (χ1) is 6.34. The molecule has 0 heterocycles. The molecule has 0 aromatic heterocycles. The Bertz CT molecular complexity index is 322. The molecular formula is C11H12BrN. The van der Waals surface area contributed by atoms with Gasteiger partial charge in [-0.2, -0.15) is 0 Å². The molecule has 0 atom stereocenters. The van der Waals surface area contributed by atoms with Gasteiger partial charge in [0.2, 0.25) is 0 Å². The zero-order chi connectivity index (χ0) is 9.52. The van der Waals surface area contributed by atoms with Crippen molar-refractivity contribution in [2.24, 2.45) is 0 Å². The minimum Gasteiger partial charge on any atom is -0.319 e. The van der Waals surface area contributed by atoms with E-state index in [0.717, 1.165) is 23.0 Å². The van der Waals surface area contributed by atoms with E-state index in [1.807, 2.05) is 31.3 Å². The van der Waals surface area contributed by atoms with Crippen LogP contribution in [0.25, 0.3) is 0 Å². The number of nitrogens with one attached hydrogen (secondary N) is 1. The lowest BCUT2D eigenvalue weighted by Crippen LogP contribution is -2.05. The van der Waals surface area contributed by atoms with Crippen LogP contribution in [0.3, 0.4) is 0 Å². The van der Waals surface area contributed by atoms with Crippen LogP contribution in [-0.2, 0) is 0 Å². The summed E-state index contributed by atoms with van der Waals surface area (Å²) in [4.78, 5) is 0. The van der Waals surface area contributed by atoms with Crippen molar-refractivity contribution < 1.29 is 0 Å². The molecule has 0 aliphatic rings. The van der Waals surface area contributed by atoms with Crippen molar-refractivity contribution in [2.45, 2.75) is 6.42 Å². The van der Waals surface area contributed by atoms with Gasteiger partial charge >= 0.3 is 0 Å². The van der Waals surface area contributed by atoms with E-state index in [1.54, 1.807) is 0 Å². The van der Waals surface area contributed by atoms with Gasteiger partial charge in [0.05, 0.1) is 0 Å². The van der Waals surface area contributed by atoms with Crippen molar-refractivity contribution in [3.8, 4) is 11.8 Å². The standard InChI is InChI=1S/C11H12BrN/c1-13-9-5-4-7-10-6-2-3-8-11(10)12/h2-3,6,8,13H,5,9H2,1H3. The third kappa shape index (κ3) is 3.63. The van der Waals surface area contributed by atoms with Crippen LogP contribution in [0, 0.1) is 11.8 Å². The molecule has 0 saturated heterocycles. The molecule has 0 saturated carbocycles. The second kappa shape index (κ2) is 5.80. The monoisotopic (exact) mass is 237 g/mol. The molecule has 0 bridgehead atoms. The van der Waals surface area contributed by atoms with Gasteiger partial charge in [-0.3, -0.25) is 0 Å². The van der Waals surface area contributed by atoms with E-state index in [9.17, 15) is 0 Å². The summed E-state index contributed by atoms with van der Waals surface area (Å²) in [6.07, 6.45) is 0.887. The van der Waals surface area contributed by atoms with Crippen LogP contribution in [0.1, 0.15) is 12.0 Å². The van der Waals surface area contributed by atoms with E-state index in [-0.39, 0.29) is 0 Å². The maximum Gasteiger partial charge on any atom is 0.0387 e. The van der Waals surface area contributed by atoms with Crippen LogP contribution in [-0.4, -0.2) is 13.6 Å². The fourth-order valence-corrected chi connectivity index (χ4v) is 1.29. The summed E-state index contributed by atoms with van der Waals surface area (Å²) in [5.41, 5.74) is 1.05. The minimum atomic E-state index is 0.887. The molecule has 0 radical (unpaired) electrons. The third-order valence-electron chi connectivity index (χ3n) is 1.60. The van der Waals surface area contributed by atoms with Crippen LogP contribution >= 0.6 is 15.9 Å². The number of benzene rings is 1. The van der Waals surface area contributed by atoms with E-state index in [4.69, 9.17) is 0 Å². The van der Waals surface area contributed by atoms with Gasteiger partial charge < -0.3 is 5.32 Å². The molecule has 0 spiro atoms. The molecule has 1 rings (SSSR count). The van der Waals surface area contributed by atoms with Gasteiger partial charge in [-0.05, 0) is 35.1 Å². The van der Waals surface area contributed by atoms with Crippen LogP contribution in [0.15, 0.2) is 28.7 Å². The van der Waals surface area contributed by atoms with Crippen LogP contribution < -0.4 is 5.32 Å². The van der Waals surface area contributed by atoms with Crippen molar-refractivity contribution >= 4 is 15.9 Å². The van der Waals surface area contributed by atoms with Gasteiger partial charge in [0.25, 0.3) is 0 Å². The molecule has 1 N–H and O–H groups in total. The number of rotatable bonds is 2. The quantitative estimate of drug-likeness (QED) is 0.616. The van der Waals surface area contributed by atoms with E-state index in [2.05, 4.69) is 33.1 Å². The van der Waals surface area contributed by atoms with Gasteiger partial charge in [0.1, 0.15) is 0 Å². The second-order valence-electron chi connectivity index (χ2n) is 2.64. The highest BCUT2D eigenvalue weighted by Crippen LogP contribution is 2.13. The maximum absolute atomic E-state index is 3.45. The molecule has 0 aliphatic carbocycles. The molecule has 2 heteroatoms. The molecule has 1 aromatic carbocycles. The smallest absolute Gasteiger partial charge is 0.0387 e. The summed E-state index contributed by atoms with van der Waals surface area (Å²) in [6.45, 7) is 0.942. The normalized spacial score (nSPS) is 9.08.